The molecule has 0 saturated heterocycles. The van der Waals surface area contributed by atoms with Crippen LogP contribution in [-0.4, -0.2) is 30.3 Å². The third-order valence-electron chi connectivity index (χ3n) is 3.10. The van der Waals surface area contributed by atoms with Gasteiger partial charge in [0.25, 0.3) is 0 Å². The standard InChI is InChI=1S/C16H19ClN2O2/c1-11(2)14-15(18-10-19-16(14)17)12-6-4-5-7-13(12)21-9-8-20-3/h4-7,10-11H,8-9H2,1-3H3. The minimum Gasteiger partial charge on any atom is -0.490 e. The van der Waals surface area contributed by atoms with Gasteiger partial charge in [-0.25, -0.2) is 9.97 Å². The van der Waals surface area contributed by atoms with Gasteiger partial charge in [-0.15, -0.1) is 0 Å². The van der Waals surface area contributed by atoms with E-state index in [0.29, 0.717) is 18.4 Å². The molecule has 0 saturated carbocycles. The van der Waals surface area contributed by atoms with Crippen molar-refractivity contribution in [2.45, 2.75) is 19.8 Å². The summed E-state index contributed by atoms with van der Waals surface area (Å²) < 4.78 is 10.8. The van der Waals surface area contributed by atoms with E-state index < -0.39 is 0 Å². The summed E-state index contributed by atoms with van der Waals surface area (Å²) in [5.74, 6) is 0.993. The zero-order valence-electron chi connectivity index (χ0n) is 12.5. The normalized spacial score (nSPS) is 10.9. The van der Waals surface area contributed by atoms with E-state index in [1.807, 2.05) is 24.3 Å². The van der Waals surface area contributed by atoms with Crippen LogP contribution < -0.4 is 4.74 Å². The average molecular weight is 307 g/mol. The minimum atomic E-state index is 0.223. The van der Waals surface area contributed by atoms with Crippen molar-refractivity contribution in [1.29, 1.82) is 0 Å². The predicted molar refractivity (Wildman–Crippen MR) is 83.9 cm³/mol. The molecule has 4 nitrogen and oxygen atoms in total. The second kappa shape index (κ2) is 7.38. The topological polar surface area (TPSA) is 44.2 Å². The van der Waals surface area contributed by atoms with Gasteiger partial charge in [-0.05, 0) is 18.1 Å². The van der Waals surface area contributed by atoms with E-state index in [0.717, 1.165) is 22.6 Å². The number of aromatic nitrogens is 2. The van der Waals surface area contributed by atoms with Crippen LogP contribution in [0.5, 0.6) is 5.75 Å². The van der Waals surface area contributed by atoms with Crippen molar-refractivity contribution in [3.63, 3.8) is 0 Å². The number of halogens is 1. The predicted octanol–water partition coefficient (Wildman–Crippen LogP) is 3.95. The second-order valence-corrected chi connectivity index (χ2v) is 5.28. The first-order valence-electron chi connectivity index (χ1n) is 6.86. The van der Waals surface area contributed by atoms with E-state index in [1.165, 1.54) is 6.33 Å². The molecule has 0 spiro atoms. The number of methoxy groups -OCH3 is 1. The van der Waals surface area contributed by atoms with Crippen molar-refractivity contribution in [1.82, 2.24) is 9.97 Å². The zero-order valence-corrected chi connectivity index (χ0v) is 13.2. The van der Waals surface area contributed by atoms with Gasteiger partial charge in [0.15, 0.2) is 0 Å². The Morgan fingerprint density at radius 3 is 2.62 bits per heavy atom. The molecule has 0 bridgehead atoms. The Labute approximate surface area is 130 Å². The minimum absolute atomic E-state index is 0.223. The Bertz CT molecular complexity index is 603. The highest BCUT2D eigenvalue weighted by Gasteiger charge is 2.17. The lowest BCUT2D eigenvalue weighted by atomic mass is 9.98. The summed E-state index contributed by atoms with van der Waals surface area (Å²) in [6.07, 6.45) is 1.48. The monoisotopic (exact) mass is 306 g/mol. The first kappa shape index (κ1) is 15.7. The van der Waals surface area contributed by atoms with Crippen LogP contribution in [0.2, 0.25) is 5.15 Å². The fraction of sp³-hybridized carbons (Fsp3) is 0.375. The van der Waals surface area contributed by atoms with E-state index in [-0.39, 0.29) is 5.92 Å². The zero-order chi connectivity index (χ0) is 15.2. The van der Waals surface area contributed by atoms with E-state index in [1.54, 1.807) is 7.11 Å². The SMILES string of the molecule is COCCOc1ccccc1-c1ncnc(Cl)c1C(C)C. The molecule has 2 rings (SSSR count). The Balaban J connectivity index is 2.45. The molecule has 0 aliphatic heterocycles. The third-order valence-corrected chi connectivity index (χ3v) is 3.40. The number of nitrogens with zero attached hydrogens (tertiary/aromatic N) is 2. The van der Waals surface area contributed by atoms with Crippen molar-refractivity contribution in [3.8, 4) is 17.0 Å². The second-order valence-electron chi connectivity index (χ2n) is 4.92. The highest BCUT2D eigenvalue weighted by atomic mass is 35.5. The highest BCUT2D eigenvalue weighted by molar-refractivity contribution is 6.30. The van der Waals surface area contributed by atoms with Crippen LogP contribution in [0.1, 0.15) is 25.3 Å². The highest BCUT2D eigenvalue weighted by Crippen LogP contribution is 2.36. The van der Waals surface area contributed by atoms with E-state index >= 15 is 0 Å². The largest absolute Gasteiger partial charge is 0.490 e. The summed E-state index contributed by atoms with van der Waals surface area (Å²) >= 11 is 6.24. The number of benzene rings is 1. The molecule has 0 atom stereocenters. The van der Waals surface area contributed by atoms with Gasteiger partial charge in [0.2, 0.25) is 0 Å². The molecule has 1 aromatic heterocycles. The summed E-state index contributed by atoms with van der Waals surface area (Å²) in [4.78, 5) is 8.50. The average Bonchev–Trinajstić information content (AvgIpc) is 2.47. The Morgan fingerprint density at radius 1 is 1.14 bits per heavy atom. The van der Waals surface area contributed by atoms with Crippen molar-refractivity contribution in [2.24, 2.45) is 0 Å². The van der Waals surface area contributed by atoms with Crippen LogP contribution >= 0.6 is 11.6 Å². The molecular weight excluding hydrogens is 288 g/mol. The molecule has 0 fully saturated rings. The summed E-state index contributed by atoms with van der Waals surface area (Å²) in [5.41, 5.74) is 2.67. The lowest BCUT2D eigenvalue weighted by molar-refractivity contribution is 0.146. The fourth-order valence-corrected chi connectivity index (χ4v) is 2.47. The number of hydrogen-bond donors (Lipinski definition) is 0. The van der Waals surface area contributed by atoms with Crippen molar-refractivity contribution in [3.05, 3.63) is 41.3 Å². The summed E-state index contributed by atoms with van der Waals surface area (Å²) in [5, 5.41) is 0.488. The molecule has 0 unspecified atom stereocenters. The van der Waals surface area contributed by atoms with Gasteiger partial charge in [-0.2, -0.15) is 0 Å². The molecule has 112 valence electrons. The van der Waals surface area contributed by atoms with Crippen LogP contribution in [0.15, 0.2) is 30.6 Å². The van der Waals surface area contributed by atoms with Crippen molar-refractivity contribution < 1.29 is 9.47 Å². The number of rotatable bonds is 6. The van der Waals surface area contributed by atoms with Gasteiger partial charge in [-0.3, -0.25) is 0 Å². The summed E-state index contributed by atoms with van der Waals surface area (Å²) in [7, 11) is 1.65. The first-order chi connectivity index (χ1) is 10.1. The van der Waals surface area contributed by atoms with Crippen molar-refractivity contribution >= 4 is 11.6 Å². The molecule has 2 aromatic rings. The van der Waals surface area contributed by atoms with E-state index in [2.05, 4.69) is 23.8 Å². The Kier molecular flexibility index (Phi) is 5.53. The fourth-order valence-electron chi connectivity index (χ4n) is 2.12. The molecule has 0 aliphatic rings. The third kappa shape index (κ3) is 3.71. The van der Waals surface area contributed by atoms with Gasteiger partial charge in [0, 0.05) is 18.2 Å². The smallest absolute Gasteiger partial charge is 0.136 e. The van der Waals surface area contributed by atoms with Gasteiger partial charge in [-0.1, -0.05) is 37.6 Å². The molecule has 21 heavy (non-hydrogen) atoms. The molecule has 0 N–H and O–H groups in total. The molecule has 5 heteroatoms. The number of hydrogen-bond acceptors (Lipinski definition) is 4. The van der Waals surface area contributed by atoms with Crippen LogP contribution in [0, 0.1) is 0 Å². The molecular formula is C16H19ClN2O2. The summed E-state index contributed by atoms with van der Waals surface area (Å²) in [6, 6.07) is 7.79. The van der Waals surface area contributed by atoms with Crippen molar-refractivity contribution in [2.75, 3.05) is 20.3 Å². The molecule has 0 aliphatic carbocycles. The summed E-state index contributed by atoms with van der Waals surface area (Å²) in [6.45, 7) is 5.17. The molecule has 0 radical (unpaired) electrons. The maximum atomic E-state index is 6.24. The maximum absolute atomic E-state index is 6.24. The Hall–Kier alpha value is -1.65. The molecule has 1 aromatic carbocycles. The molecule has 1 heterocycles. The lowest BCUT2D eigenvalue weighted by Gasteiger charge is -2.16. The van der Waals surface area contributed by atoms with E-state index in [4.69, 9.17) is 21.1 Å². The first-order valence-corrected chi connectivity index (χ1v) is 7.24. The van der Waals surface area contributed by atoms with Gasteiger partial charge in [0.05, 0.1) is 12.3 Å². The van der Waals surface area contributed by atoms with E-state index in [9.17, 15) is 0 Å². The van der Waals surface area contributed by atoms with Crippen LogP contribution in [0.4, 0.5) is 0 Å². The quantitative estimate of drug-likeness (QED) is 0.599. The Morgan fingerprint density at radius 2 is 1.90 bits per heavy atom. The van der Waals surface area contributed by atoms with Crippen LogP contribution in [0.3, 0.4) is 0 Å². The number of ether oxygens (including phenoxy) is 2. The number of para-hydroxylation sites is 1. The lowest BCUT2D eigenvalue weighted by Crippen LogP contribution is -2.06. The van der Waals surface area contributed by atoms with Crippen LogP contribution in [-0.2, 0) is 4.74 Å². The molecule has 0 amide bonds. The van der Waals surface area contributed by atoms with Gasteiger partial charge in [0.1, 0.15) is 23.8 Å². The van der Waals surface area contributed by atoms with Gasteiger partial charge < -0.3 is 9.47 Å². The van der Waals surface area contributed by atoms with Crippen LogP contribution in [0.25, 0.3) is 11.3 Å². The van der Waals surface area contributed by atoms with Gasteiger partial charge >= 0.3 is 0 Å². The maximum Gasteiger partial charge on any atom is 0.136 e.